The van der Waals surface area contributed by atoms with E-state index in [0.29, 0.717) is 37.3 Å². The first-order valence-corrected chi connectivity index (χ1v) is 10.0. The van der Waals surface area contributed by atoms with Crippen LogP contribution in [-0.2, 0) is 9.59 Å². The van der Waals surface area contributed by atoms with Crippen LogP contribution in [0.5, 0.6) is 0 Å². The molecule has 148 valence electrons. The Balaban J connectivity index is 1.92. The summed E-state index contributed by atoms with van der Waals surface area (Å²) in [6.45, 7) is 5.88. The van der Waals surface area contributed by atoms with Gasteiger partial charge in [-0.3, -0.25) is 14.4 Å². The van der Waals surface area contributed by atoms with Crippen LogP contribution in [0.3, 0.4) is 0 Å². The molecule has 1 heterocycles. The Morgan fingerprint density at radius 3 is 2.52 bits per heavy atom. The highest BCUT2D eigenvalue weighted by Crippen LogP contribution is 2.20. The van der Waals surface area contributed by atoms with Crippen molar-refractivity contribution in [1.29, 1.82) is 0 Å². The average Bonchev–Trinajstić information content (AvgIpc) is 2.68. The molecule has 1 atom stereocenters. The highest BCUT2D eigenvalue weighted by molar-refractivity contribution is 5.96. The standard InChI is InChI=1S/C21H31N3O3/c1-3-5-13-22-20(26)17-8-6-14-24(15-17)21(27)16-9-11-18(12-10-16)23-19(25)7-4-2/h9-12,17H,3-8,13-15H2,1-2H3,(H,22,26)(H,23,25). The summed E-state index contributed by atoms with van der Waals surface area (Å²) in [4.78, 5) is 38.5. The van der Waals surface area contributed by atoms with E-state index >= 15 is 0 Å². The number of rotatable bonds is 8. The molecule has 0 aliphatic carbocycles. The van der Waals surface area contributed by atoms with E-state index in [4.69, 9.17) is 0 Å². The van der Waals surface area contributed by atoms with E-state index in [-0.39, 0.29) is 23.6 Å². The number of anilines is 1. The van der Waals surface area contributed by atoms with Gasteiger partial charge in [0.25, 0.3) is 5.91 Å². The molecular weight excluding hydrogens is 342 g/mol. The lowest BCUT2D eigenvalue weighted by Crippen LogP contribution is -2.45. The van der Waals surface area contributed by atoms with Gasteiger partial charge in [0.2, 0.25) is 11.8 Å². The first-order chi connectivity index (χ1) is 13.0. The van der Waals surface area contributed by atoms with Gasteiger partial charge in [-0.2, -0.15) is 0 Å². The van der Waals surface area contributed by atoms with Gasteiger partial charge in [0.05, 0.1) is 5.92 Å². The Morgan fingerprint density at radius 1 is 1.11 bits per heavy atom. The van der Waals surface area contributed by atoms with Crippen LogP contribution in [0.4, 0.5) is 5.69 Å². The summed E-state index contributed by atoms with van der Waals surface area (Å²) >= 11 is 0. The van der Waals surface area contributed by atoms with E-state index in [0.717, 1.165) is 32.1 Å². The number of piperidine rings is 1. The maximum absolute atomic E-state index is 12.8. The SMILES string of the molecule is CCCCNC(=O)C1CCCN(C(=O)c2ccc(NC(=O)CCC)cc2)C1. The van der Waals surface area contributed by atoms with Crippen LogP contribution in [0.2, 0.25) is 0 Å². The quantitative estimate of drug-likeness (QED) is 0.687. The van der Waals surface area contributed by atoms with Crippen LogP contribution in [0.1, 0.15) is 62.7 Å². The molecule has 6 nitrogen and oxygen atoms in total. The predicted octanol–water partition coefficient (Wildman–Crippen LogP) is 3.19. The Labute approximate surface area is 161 Å². The number of carbonyl (C=O) groups is 3. The number of unbranched alkanes of at least 4 members (excludes halogenated alkanes) is 1. The summed E-state index contributed by atoms with van der Waals surface area (Å²) in [5.41, 5.74) is 1.27. The number of amides is 3. The van der Waals surface area contributed by atoms with Gasteiger partial charge >= 0.3 is 0 Å². The summed E-state index contributed by atoms with van der Waals surface area (Å²) in [7, 11) is 0. The Morgan fingerprint density at radius 2 is 1.85 bits per heavy atom. The lowest BCUT2D eigenvalue weighted by Gasteiger charge is -2.32. The molecule has 0 saturated carbocycles. The van der Waals surface area contributed by atoms with Crippen molar-refractivity contribution in [2.75, 3.05) is 25.0 Å². The van der Waals surface area contributed by atoms with E-state index in [1.807, 2.05) is 6.92 Å². The molecule has 2 N–H and O–H groups in total. The highest BCUT2D eigenvalue weighted by Gasteiger charge is 2.28. The van der Waals surface area contributed by atoms with Crippen molar-refractivity contribution in [2.45, 2.75) is 52.4 Å². The van der Waals surface area contributed by atoms with E-state index in [9.17, 15) is 14.4 Å². The molecule has 27 heavy (non-hydrogen) atoms. The van der Waals surface area contributed by atoms with Gasteiger partial charge in [0, 0.05) is 37.3 Å². The second-order valence-electron chi connectivity index (χ2n) is 7.11. The van der Waals surface area contributed by atoms with Crippen molar-refractivity contribution >= 4 is 23.4 Å². The van der Waals surface area contributed by atoms with E-state index in [1.165, 1.54) is 0 Å². The fraction of sp³-hybridized carbons (Fsp3) is 0.571. The minimum atomic E-state index is -0.132. The molecule has 0 bridgehead atoms. The molecule has 0 aromatic heterocycles. The second-order valence-corrected chi connectivity index (χ2v) is 7.11. The molecule has 6 heteroatoms. The number of hydrogen-bond donors (Lipinski definition) is 2. The van der Waals surface area contributed by atoms with Crippen molar-refractivity contribution in [3.05, 3.63) is 29.8 Å². The molecule has 1 aliphatic heterocycles. The van der Waals surface area contributed by atoms with Gasteiger partial charge in [0.15, 0.2) is 0 Å². The molecule has 3 amide bonds. The van der Waals surface area contributed by atoms with Gasteiger partial charge < -0.3 is 15.5 Å². The largest absolute Gasteiger partial charge is 0.356 e. The first kappa shape index (κ1) is 20.9. The number of likely N-dealkylation sites (tertiary alicyclic amines) is 1. The van der Waals surface area contributed by atoms with E-state index < -0.39 is 0 Å². The van der Waals surface area contributed by atoms with Gasteiger partial charge in [-0.15, -0.1) is 0 Å². The minimum absolute atomic E-state index is 0.0236. The molecule has 1 fully saturated rings. The molecule has 2 rings (SSSR count). The van der Waals surface area contributed by atoms with Crippen LogP contribution in [0, 0.1) is 5.92 Å². The van der Waals surface area contributed by atoms with Gasteiger partial charge in [-0.1, -0.05) is 20.3 Å². The molecule has 1 saturated heterocycles. The van der Waals surface area contributed by atoms with Crippen molar-refractivity contribution in [3.8, 4) is 0 Å². The number of benzene rings is 1. The number of nitrogens with one attached hydrogen (secondary N) is 2. The fourth-order valence-electron chi connectivity index (χ4n) is 3.24. The van der Waals surface area contributed by atoms with Crippen LogP contribution in [-0.4, -0.2) is 42.3 Å². The van der Waals surface area contributed by atoms with Gasteiger partial charge in [-0.05, 0) is 49.9 Å². The molecule has 1 unspecified atom stereocenters. The lowest BCUT2D eigenvalue weighted by atomic mass is 9.96. The van der Waals surface area contributed by atoms with Crippen LogP contribution >= 0.6 is 0 Å². The lowest BCUT2D eigenvalue weighted by molar-refractivity contribution is -0.126. The zero-order chi connectivity index (χ0) is 19.6. The average molecular weight is 373 g/mol. The fourth-order valence-corrected chi connectivity index (χ4v) is 3.24. The van der Waals surface area contributed by atoms with Crippen molar-refractivity contribution < 1.29 is 14.4 Å². The normalized spacial score (nSPS) is 16.7. The first-order valence-electron chi connectivity index (χ1n) is 10.0. The third kappa shape index (κ3) is 6.38. The van der Waals surface area contributed by atoms with Crippen LogP contribution < -0.4 is 10.6 Å². The molecule has 0 spiro atoms. The van der Waals surface area contributed by atoms with Crippen molar-refractivity contribution in [2.24, 2.45) is 5.92 Å². The Hall–Kier alpha value is -2.37. The van der Waals surface area contributed by atoms with Gasteiger partial charge in [0.1, 0.15) is 0 Å². The third-order valence-corrected chi connectivity index (χ3v) is 4.80. The second kappa shape index (κ2) is 10.7. The number of hydrogen-bond acceptors (Lipinski definition) is 3. The third-order valence-electron chi connectivity index (χ3n) is 4.80. The van der Waals surface area contributed by atoms with Crippen LogP contribution in [0.25, 0.3) is 0 Å². The van der Waals surface area contributed by atoms with E-state index in [1.54, 1.807) is 29.2 Å². The molecular formula is C21H31N3O3. The van der Waals surface area contributed by atoms with Crippen LogP contribution in [0.15, 0.2) is 24.3 Å². The Bertz CT molecular complexity index is 643. The van der Waals surface area contributed by atoms with Crippen molar-refractivity contribution in [3.63, 3.8) is 0 Å². The zero-order valence-corrected chi connectivity index (χ0v) is 16.4. The van der Waals surface area contributed by atoms with Crippen molar-refractivity contribution in [1.82, 2.24) is 10.2 Å². The summed E-state index contributed by atoms with van der Waals surface area (Å²) in [6.07, 6.45) is 4.96. The predicted molar refractivity (Wildman–Crippen MR) is 107 cm³/mol. The topological polar surface area (TPSA) is 78.5 Å². The molecule has 1 aromatic carbocycles. The molecule has 1 aromatic rings. The summed E-state index contributed by atoms with van der Waals surface area (Å²) in [6, 6.07) is 6.96. The number of nitrogens with zero attached hydrogens (tertiary/aromatic N) is 1. The maximum atomic E-state index is 12.8. The monoisotopic (exact) mass is 373 g/mol. The summed E-state index contributed by atoms with van der Waals surface area (Å²) < 4.78 is 0. The zero-order valence-electron chi connectivity index (χ0n) is 16.4. The number of carbonyl (C=O) groups excluding carboxylic acids is 3. The smallest absolute Gasteiger partial charge is 0.253 e. The van der Waals surface area contributed by atoms with Gasteiger partial charge in [-0.25, -0.2) is 0 Å². The summed E-state index contributed by atoms with van der Waals surface area (Å²) in [5, 5.41) is 5.79. The molecule has 1 aliphatic rings. The molecule has 0 radical (unpaired) electrons. The highest BCUT2D eigenvalue weighted by atomic mass is 16.2. The summed E-state index contributed by atoms with van der Waals surface area (Å²) in [5.74, 6) is -0.167. The van der Waals surface area contributed by atoms with E-state index in [2.05, 4.69) is 17.6 Å². The maximum Gasteiger partial charge on any atom is 0.253 e. The minimum Gasteiger partial charge on any atom is -0.356 e. The Kier molecular flexibility index (Phi) is 8.30.